The summed E-state index contributed by atoms with van der Waals surface area (Å²) in [5.41, 5.74) is 2.01. The van der Waals surface area contributed by atoms with Gasteiger partial charge in [-0.2, -0.15) is 13.2 Å². The number of nitrogens with one attached hydrogen (secondary N) is 1. The fourth-order valence-electron chi connectivity index (χ4n) is 1.95. The van der Waals surface area contributed by atoms with Crippen LogP contribution in [0.25, 0.3) is 0 Å². The van der Waals surface area contributed by atoms with E-state index in [-0.39, 0.29) is 24.2 Å². The van der Waals surface area contributed by atoms with Crippen molar-refractivity contribution in [2.24, 2.45) is 5.84 Å². The molecule has 1 aromatic carbocycles. The monoisotopic (exact) mass is 307 g/mol. The molecule has 0 heterocycles. The van der Waals surface area contributed by atoms with E-state index < -0.39 is 24.4 Å². The highest BCUT2D eigenvalue weighted by molar-refractivity contribution is 5.93. The van der Waals surface area contributed by atoms with E-state index in [0.717, 1.165) is 11.0 Å². The highest BCUT2D eigenvalue weighted by atomic mass is 19.4. The number of carbonyl (C=O) groups is 1. The first-order valence-electron chi connectivity index (χ1n) is 6.35. The number of carbonyl (C=O) groups excluding carboxylic acids is 1. The quantitative estimate of drug-likeness (QED) is 0.367. The zero-order chi connectivity index (χ0) is 16.0. The third-order valence-electron chi connectivity index (χ3n) is 2.78. The van der Waals surface area contributed by atoms with Crippen molar-refractivity contribution in [1.29, 1.82) is 0 Å². The van der Waals surface area contributed by atoms with E-state index in [1.165, 1.54) is 12.1 Å². The molecule has 0 radical (unpaired) electrons. The average molecular weight is 307 g/mol. The molecule has 0 saturated heterocycles. The lowest BCUT2D eigenvalue weighted by atomic mass is 10.1. The maximum Gasteiger partial charge on any atom is 0.401 e. The molecule has 0 bridgehead atoms. The molecular weight excluding hydrogens is 290 g/mol. The van der Waals surface area contributed by atoms with Gasteiger partial charge >= 0.3 is 6.18 Å². The summed E-state index contributed by atoms with van der Waals surface area (Å²) >= 11 is 0. The molecule has 118 valence electrons. The molecule has 4 nitrogen and oxygen atoms in total. The third kappa shape index (κ3) is 5.68. The van der Waals surface area contributed by atoms with Gasteiger partial charge in [-0.15, -0.1) is 0 Å². The first-order valence-corrected chi connectivity index (χ1v) is 6.35. The standard InChI is InChI=1S/C13H17F4N3O/c1-2-5-20(8-13(15,16)17)7-10-6-9(12(21)19-18)3-4-11(10)14/h3-4,6H,2,5,7-8,18H2,1H3,(H,19,21). The van der Waals surface area contributed by atoms with Gasteiger partial charge in [0.05, 0.1) is 6.54 Å². The maximum absolute atomic E-state index is 13.7. The van der Waals surface area contributed by atoms with Gasteiger partial charge in [0.25, 0.3) is 5.91 Å². The molecule has 0 spiro atoms. The minimum atomic E-state index is -4.36. The van der Waals surface area contributed by atoms with Gasteiger partial charge < -0.3 is 0 Å². The first-order chi connectivity index (χ1) is 9.76. The van der Waals surface area contributed by atoms with Crippen molar-refractivity contribution in [3.05, 3.63) is 35.1 Å². The Morgan fingerprint density at radius 2 is 2.05 bits per heavy atom. The number of nitrogen functional groups attached to an aromatic ring is 1. The number of halogens is 4. The maximum atomic E-state index is 13.7. The van der Waals surface area contributed by atoms with Gasteiger partial charge in [0.15, 0.2) is 0 Å². The Bertz CT molecular complexity index is 491. The molecule has 1 aromatic rings. The number of alkyl halides is 3. The summed E-state index contributed by atoms with van der Waals surface area (Å²) in [7, 11) is 0. The molecule has 0 aliphatic rings. The molecule has 1 amide bonds. The normalized spacial score (nSPS) is 11.8. The van der Waals surface area contributed by atoms with Gasteiger partial charge in [-0.1, -0.05) is 6.92 Å². The van der Waals surface area contributed by atoms with E-state index in [1.807, 2.05) is 5.43 Å². The number of hydrazine groups is 1. The van der Waals surface area contributed by atoms with Gasteiger partial charge in [-0.25, -0.2) is 10.2 Å². The fourth-order valence-corrected chi connectivity index (χ4v) is 1.95. The van der Waals surface area contributed by atoms with E-state index in [9.17, 15) is 22.4 Å². The highest BCUT2D eigenvalue weighted by Gasteiger charge is 2.30. The Balaban J connectivity index is 2.94. The van der Waals surface area contributed by atoms with Crippen LogP contribution in [0.4, 0.5) is 17.6 Å². The van der Waals surface area contributed by atoms with Gasteiger partial charge in [0.1, 0.15) is 5.82 Å². The van der Waals surface area contributed by atoms with Crippen molar-refractivity contribution >= 4 is 5.91 Å². The van der Waals surface area contributed by atoms with Crippen LogP contribution in [-0.2, 0) is 6.54 Å². The molecule has 0 aromatic heterocycles. The number of nitrogens with two attached hydrogens (primary N) is 1. The van der Waals surface area contributed by atoms with Gasteiger partial charge in [0.2, 0.25) is 0 Å². The Morgan fingerprint density at radius 1 is 1.38 bits per heavy atom. The van der Waals surface area contributed by atoms with Crippen LogP contribution in [-0.4, -0.2) is 30.1 Å². The second-order valence-electron chi connectivity index (χ2n) is 4.61. The molecular formula is C13H17F4N3O. The lowest BCUT2D eigenvalue weighted by Crippen LogP contribution is -2.35. The van der Waals surface area contributed by atoms with Crippen molar-refractivity contribution in [2.45, 2.75) is 26.1 Å². The van der Waals surface area contributed by atoms with E-state index in [4.69, 9.17) is 5.84 Å². The molecule has 0 atom stereocenters. The zero-order valence-electron chi connectivity index (χ0n) is 11.5. The second kappa shape index (κ2) is 7.37. The van der Waals surface area contributed by atoms with Crippen molar-refractivity contribution < 1.29 is 22.4 Å². The predicted molar refractivity (Wildman–Crippen MR) is 69.7 cm³/mol. The number of nitrogens with zero attached hydrogens (tertiary/aromatic N) is 1. The third-order valence-corrected chi connectivity index (χ3v) is 2.78. The summed E-state index contributed by atoms with van der Waals surface area (Å²) in [6.07, 6.45) is -3.86. The van der Waals surface area contributed by atoms with Crippen LogP contribution in [0.1, 0.15) is 29.3 Å². The molecule has 0 fully saturated rings. The van der Waals surface area contributed by atoms with Crippen molar-refractivity contribution in [3.8, 4) is 0 Å². The fraction of sp³-hybridized carbons (Fsp3) is 0.462. The molecule has 0 aliphatic heterocycles. The van der Waals surface area contributed by atoms with E-state index in [1.54, 1.807) is 6.92 Å². The average Bonchev–Trinajstić information content (AvgIpc) is 2.38. The van der Waals surface area contributed by atoms with Crippen molar-refractivity contribution in [3.63, 3.8) is 0 Å². The second-order valence-corrected chi connectivity index (χ2v) is 4.61. The summed E-state index contributed by atoms with van der Waals surface area (Å²) in [5, 5.41) is 0. The summed E-state index contributed by atoms with van der Waals surface area (Å²) in [5.74, 6) is 3.68. The molecule has 0 saturated carbocycles. The Hall–Kier alpha value is -1.67. The lowest BCUT2D eigenvalue weighted by Gasteiger charge is -2.23. The van der Waals surface area contributed by atoms with Gasteiger partial charge in [0, 0.05) is 17.7 Å². The van der Waals surface area contributed by atoms with E-state index >= 15 is 0 Å². The van der Waals surface area contributed by atoms with E-state index in [0.29, 0.717) is 6.42 Å². The largest absolute Gasteiger partial charge is 0.401 e. The van der Waals surface area contributed by atoms with Crippen LogP contribution >= 0.6 is 0 Å². The number of rotatable bonds is 6. The van der Waals surface area contributed by atoms with Crippen LogP contribution in [0.3, 0.4) is 0 Å². The summed E-state index contributed by atoms with van der Waals surface area (Å²) < 4.78 is 51.1. The highest BCUT2D eigenvalue weighted by Crippen LogP contribution is 2.20. The number of hydrogen-bond acceptors (Lipinski definition) is 3. The Labute approximate surface area is 119 Å². The van der Waals surface area contributed by atoms with Crippen LogP contribution in [0.5, 0.6) is 0 Å². The minimum Gasteiger partial charge on any atom is -0.291 e. The minimum absolute atomic E-state index is 0.0220. The molecule has 3 N–H and O–H groups in total. The van der Waals surface area contributed by atoms with Crippen LogP contribution in [0.2, 0.25) is 0 Å². The molecule has 21 heavy (non-hydrogen) atoms. The van der Waals surface area contributed by atoms with Crippen LogP contribution < -0.4 is 11.3 Å². The number of amides is 1. The summed E-state index contributed by atoms with van der Waals surface area (Å²) in [4.78, 5) is 12.5. The molecule has 8 heteroatoms. The Morgan fingerprint density at radius 3 is 2.57 bits per heavy atom. The molecule has 1 rings (SSSR count). The van der Waals surface area contributed by atoms with Crippen LogP contribution in [0.15, 0.2) is 18.2 Å². The van der Waals surface area contributed by atoms with Gasteiger partial charge in [-0.3, -0.25) is 15.1 Å². The molecule has 0 unspecified atom stereocenters. The number of hydrogen-bond donors (Lipinski definition) is 2. The van der Waals surface area contributed by atoms with Crippen LogP contribution in [0, 0.1) is 5.82 Å². The predicted octanol–water partition coefficient (Wildman–Crippen LogP) is 2.20. The lowest BCUT2D eigenvalue weighted by molar-refractivity contribution is -0.147. The zero-order valence-corrected chi connectivity index (χ0v) is 11.5. The summed E-state index contributed by atoms with van der Waals surface area (Å²) in [6.45, 7) is 0.544. The topological polar surface area (TPSA) is 58.4 Å². The van der Waals surface area contributed by atoms with Crippen molar-refractivity contribution in [1.82, 2.24) is 10.3 Å². The van der Waals surface area contributed by atoms with Gasteiger partial charge in [-0.05, 0) is 31.2 Å². The smallest absolute Gasteiger partial charge is 0.291 e. The Kier molecular flexibility index (Phi) is 6.10. The summed E-state index contributed by atoms with van der Waals surface area (Å²) in [6, 6.07) is 3.46. The SMILES string of the molecule is CCCN(Cc1cc(C(=O)NN)ccc1F)CC(F)(F)F. The van der Waals surface area contributed by atoms with E-state index in [2.05, 4.69) is 0 Å². The first kappa shape index (κ1) is 17.4. The van der Waals surface area contributed by atoms with Crippen molar-refractivity contribution in [2.75, 3.05) is 13.1 Å². The number of benzene rings is 1. The molecule has 0 aliphatic carbocycles.